The molecule has 1 aliphatic heterocycles. The van der Waals surface area contributed by atoms with E-state index in [2.05, 4.69) is 5.32 Å². The number of amides is 1. The Balaban J connectivity index is 1.48. The number of aliphatic hydroxyl groups excluding tert-OH is 2. The Morgan fingerprint density at radius 2 is 1.81 bits per heavy atom. The van der Waals surface area contributed by atoms with Gasteiger partial charge in [0, 0.05) is 6.54 Å². The largest absolute Gasteiger partial charge is 0.486 e. The first-order valence-electron chi connectivity index (χ1n) is 8.34. The number of ether oxygens (including phenoxy) is 3. The average molecular weight is 359 g/mol. The number of hydrogen-bond acceptors (Lipinski definition) is 6. The Morgan fingerprint density at radius 3 is 2.58 bits per heavy atom. The maximum atomic E-state index is 11.7. The molecule has 138 valence electrons. The van der Waals surface area contributed by atoms with Gasteiger partial charge in [0.25, 0.3) is 0 Å². The number of nitrogens with one attached hydrogen (secondary N) is 1. The monoisotopic (exact) mass is 359 g/mol. The molecule has 0 radical (unpaired) electrons. The summed E-state index contributed by atoms with van der Waals surface area (Å²) in [5.41, 5.74) is 1.33. The van der Waals surface area contributed by atoms with E-state index < -0.39 is 18.3 Å². The van der Waals surface area contributed by atoms with E-state index in [4.69, 9.17) is 14.2 Å². The first kappa shape index (κ1) is 18.0. The molecule has 7 nitrogen and oxygen atoms in total. The molecular weight excluding hydrogens is 338 g/mol. The molecule has 26 heavy (non-hydrogen) atoms. The fourth-order valence-electron chi connectivity index (χ4n) is 2.54. The molecule has 0 saturated carbocycles. The molecule has 1 aliphatic rings. The fraction of sp³-hybridized carbons (Fsp3) is 0.316. The van der Waals surface area contributed by atoms with Crippen LogP contribution < -0.4 is 14.8 Å². The minimum Gasteiger partial charge on any atom is -0.486 e. The zero-order valence-corrected chi connectivity index (χ0v) is 14.1. The van der Waals surface area contributed by atoms with Gasteiger partial charge in [0.1, 0.15) is 32.0 Å². The van der Waals surface area contributed by atoms with E-state index in [1.54, 1.807) is 18.2 Å². The number of hydrogen-bond donors (Lipinski definition) is 3. The molecule has 0 fully saturated rings. The first-order chi connectivity index (χ1) is 12.6. The quantitative estimate of drug-likeness (QED) is 0.727. The normalized spacial score (nSPS) is 15.0. The van der Waals surface area contributed by atoms with E-state index in [0.717, 1.165) is 5.56 Å². The van der Waals surface area contributed by atoms with Crippen LogP contribution in [0.25, 0.3) is 0 Å². The first-order valence-corrected chi connectivity index (χ1v) is 8.34. The lowest BCUT2D eigenvalue weighted by molar-refractivity contribution is 0.0181. The minimum atomic E-state index is -1.19. The lowest BCUT2D eigenvalue weighted by Crippen LogP contribution is -2.35. The molecular formula is C19H21NO6. The molecule has 1 amide bonds. The summed E-state index contributed by atoms with van der Waals surface area (Å²) in [5.74, 6) is 1.12. The summed E-state index contributed by atoms with van der Waals surface area (Å²) in [5, 5.41) is 22.8. The Kier molecular flexibility index (Phi) is 5.93. The Labute approximate surface area is 151 Å². The third-order valence-electron chi connectivity index (χ3n) is 3.94. The van der Waals surface area contributed by atoms with E-state index in [1.807, 2.05) is 30.3 Å². The van der Waals surface area contributed by atoms with Crippen molar-refractivity contribution in [2.24, 2.45) is 0 Å². The SMILES string of the molecule is O=C(NCC(O)C(O)c1ccc2c(c1)OCCO2)OCc1ccccc1. The van der Waals surface area contributed by atoms with Gasteiger partial charge >= 0.3 is 6.09 Å². The molecule has 2 aromatic carbocycles. The third kappa shape index (κ3) is 4.65. The number of carbonyl (C=O) groups is 1. The van der Waals surface area contributed by atoms with Gasteiger partial charge in [0.05, 0.1) is 0 Å². The van der Waals surface area contributed by atoms with E-state index in [9.17, 15) is 15.0 Å². The summed E-state index contributed by atoms with van der Waals surface area (Å²) in [4.78, 5) is 11.7. The Morgan fingerprint density at radius 1 is 1.08 bits per heavy atom. The van der Waals surface area contributed by atoms with Crippen LogP contribution in [-0.2, 0) is 11.3 Å². The van der Waals surface area contributed by atoms with Crippen molar-refractivity contribution in [3.05, 3.63) is 59.7 Å². The van der Waals surface area contributed by atoms with Gasteiger partial charge in [-0.1, -0.05) is 36.4 Å². The standard InChI is InChI=1S/C19H21NO6/c21-15(11-20-19(23)26-12-13-4-2-1-3-5-13)18(22)14-6-7-16-17(10-14)25-9-8-24-16/h1-7,10,15,18,21-22H,8-9,11-12H2,(H,20,23). The van der Waals surface area contributed by atoms with Crippen molar-refractivity contribution in [3.8, 4) is 11.5 Å². The van der Waals surface area contributed by atoms with Crippen molar-refractivity contribution in [1.82, 2.24) is 5.32 Å². The van der Waals surface area contributed by atoms with Crippen LogP contribution in [0, 0.1) is 0 Å². The summed E-state index contributed by atoms with van der Waals surface area (Å²) in [6.07, 6.45) is -3.04. The predicted molar refractivity (Wildman–Crippen MR) is 93.0 cm³/mol. The molecule has 0 saturated heterocycles. The van der Waals surface area contributed by atoms with Crippen LogP contribution in [0.5, 0.6) is 11.5 Å². The van der Waals surface area contributed by atoms with Gasteiger partial charge < -0.3 is 29.7 Å². The van der Waals surface area contributed by atoms with Crippen molar-refractivity contribution in [2.45, 2.75) is 18.8 Å². The highest BCUT2D eigenvalue weighted by atomic mass is 16.6. The molecule has 3 N–H and O–H groups in total. The van der Waals surface area contributed by atoms with Crippen LogP contribution in [0.15, 0.2) is 48.5 Å². The maximum Gasteiger partial charge on any atom is 0.407 e. The minimum absolute atomic E-state index is 0.132. The zero-order valence-electron chi connectivity index (χ0n) is 14.1. The second kappa shape index (κ2) is 8.55. The van der Waals surface area contributed by atoms with Crippen LogP contribution in [0.1, 0.15) is 17.2 Å². The van der Waals surface area contributed by atoms with Crippen molar-refractivity contribution in [3.63, 3.8) is 0 Å². The summed E-state index contributed by atoms with van der Waals surface area (Å²) in [6, 6.07) is 14.2. The predicted octanol–water partition coefficient (Wildman–Crippen LogP) is 1.78. The van der Waals surface area contributed by atoms with Gasteiger partial charge in [-0.15, -0.1) is 0 Å². The van der Waals surface area contributed by atoms with Crippen LogP contribution in [0.4, 0.5) is 4.79 Å². The lowest BCUT2D eigenvalue weighted by Gasteiger charge is -2.22. The van der Waals surface area contributed by atoms with Gasteiger partial charge in [-0.3, -0.25) is 0 Å². The van der Waals surface area contributed by atoms with Crippen LogP contribution in [0.3, 0.4) is 0 Å². The van der Waals surface area contributed by atoms with Gasteiger partial charge in [-0.05, 0) is 23.3 Å². The molecule has 0 aliphatic carbocycles. The van der Waals surface area contributed by atoms with Crippen LogP contribution in [-0.4, -0.2) is 42.2 Å². The highest BCUT2D eigenvalue weighted by Crippen LogP contribution is 2.33. The molecule has 2 atom stereocenters. The van der Waals surface area contributed by atoms with E-state index >= 15 is 0 Å². The van der Waals surface area contributed by atoms with E-state index in [1.165, 1.54) is 0 Å². The highest BCUT2D eigenvalue weighted by molar-refractivity contribution is 5.67. The topological polar surface area (TPSA) is 97.3 Å². The fourth-order valence-corrected chi connectivity index (χ4v) is 2.54. The van der Waals surface area contributed by atoms with E-state index in [-0.39, 0.29) is 13.2 Å². The number of benzene rings is 2. The number of rotatable bonds is 6. The van der Waals surface area contributed by atoms with Gasteiger partial charge in [0.15, 0.2) is 11.5 Å². The lowest BCUT2D eigenvalue weighted by atomic mass is 10.0. The van der Waals surface area contributed by atoms with Crippen molar-refractivity contribution < 1.29 is 29.2 Å². The van der Waals surface area contributed by atoms with Gasteiger partial charge in [0.2, 0.25) is 0 Å². The second-order valence-electron chi connectivity index (χ2n) is 5.86. The molecule has 0 bridgehead atoms. The molecule has 2 unspecified atom stereocenters. The molecule has 0 spiro atoms. The Hall–Kier alpha value is -2.77. The van der Waals surface area contributed by atoms with Gasteiger partial charge in [-0.25, -0.2) is 4.79 Å². The zero-order chi connectivity index (χ0) is 18.4. The summed E-state index contributed by atoms with van der Waals surface area (Å²) in [7, 11) is 0. The maximum absolute atomic E-state index is 11.7. The van der Waals surface area contributed by atoms with Crippen LogP contribution >= 0.6 is 0 Å². The number of aliphatic hydroxyl groups is 2. The molecule has 0 aromatic heterocycles. The molecule has 1 heterocycles. The van der Waals surface area contributed by atoms with Gasteiger partial charge in [-0.2, -0.15) is 0 Å². The number of carbonyl (C=O) groups excluding carboxylic acids is 1. The van der Waals surface area contributed by atoms with Crippen molar-refractivity contribution in [2.75, 3.05) is 19.8 Å². The Bertz CT molecular complexity index is 736. The van der Waals surface area contributed by atoms with Crippen LogP contribution in [0.2, 0.25) is 0 Å². The highest BCUT2D eigenvalue weighted by Gasteiger charge is 2.22. The third-order valence-corrected chi connectivity index (χ3v) is 3.94. The number of alkyl carbamates (subject to hydrolysis) is 1. The van der Waals surface area contributed by atoms with Crippen molar-refractivity contribution >= 4 is 6.09 Å². The van der Waals surface area contributed by atoms with Crippen molar-refractivity contribution in [1.29, 1.82) is 0 Å². The average Bonchev–Trinajstić information content (AvgIpc) is 2.70. The molecule has 2 aromatic rings. The molecule has 7 heteroatoms. The number of fused-ring (bicyclic) bond motifs is 1. The smallest absolute Gasteiger partial charge is 0.407 e. The summed E-state index contributed by atoms with van der Waals surface area (Å²) in [6.45, 7) is 0.896. The summed E-state index contributed by atoms with van der Waals surface area (Å²) >= 11 is 0. The second-order valence-corrected chi connectivity index (χ2v) is 5.86. The van der Waals surface area contributed by atoms with E-state index in [0.29, 0.717) is 30.3 Å². The molecule has 3 rings (SSSR count). The summed E-state index contributed by atoms with van der Waals surface area (Å²) < 4.78 is 15.9.